The molecule has 114 valence electrons. The maximum Gasteiger partial charge on any atom is 0.233 e. The summed E-state index contributed by atoms with van der Waals surface area (Å²) in [5, 5.41) is 10.1. The highest BCUT2D eigenvalue weighted by Crippen LogP contribution is 2.50. The molecule has 1 amide bonds. The van der Waals surface area contributed by atoms with Crippen LogP contribution in [0.2, 0.25) is 0 Å². The monoisotopic (exact) mass is 287 g/mol. The van der Waals surface area contributed by atoms with E-state index in [0.29, 0.717) is 6.54 Å². The second-order valence-electron chi connectivity index (χ2n) is 7.34. The lowest BCUT2D eigenvalue weighted by atomic mass is 9.90. The molecule has 1 atom stereocenters. The van der Waals surface area contributed by atoms with Crippen LogP contribution in [0.3, 0.4) is 0 Å². The smallest absolute Gasteiger partial charge is 0.233 e. The first-order valence-corrected chi connectivity index (χ1v) is 7.92. The topological polar surface area (TPSA) is 40.5 Å². The molecule has 0 radical (unpaired) electrons. The molecule has 1 saturated heterocycles. The second kappa shape index (κ2) is 4.84. The number of hydrogen-bond acceptors (Lipinski definition) is 2. The molecule has 0 unspecified atom stereocenters. The first-order chi connectivity index (χ1) is 9.83. The summed E-state index contributed by atoms with van der Waals surface area (Å²) in [4.78, 5) is 14.9. The Kier molecular flexibility index (Phi) is 3.36. The Labute approximate surface area is 127 Å². The van der Waals surface area contributed by atoms with E-state index in [1.165, 1.54) is 5.56 Å². The molecule has 1 aromatic rings. The van der Waals surface area contributed by atoms with Gasteiger partial charge in [-0.1, -0.05) is 29.8 Å². The Morgan fingerprint density at radius 1 is 1.29 bits per heavy atom. The van der Waals surface area contributed by atoms with Crippen molar-refractivity contribution in [3.63, 3.8) is 0 Å². The summed E-state index contributed by atoms with van der Waals surface area (Å²) in [7, 11) is 0. The first-order valence-electron chi connectivity index (χ1n) is 7.92. The molecule has 1 heterocycles. The normalized spacial score (nSPS) is 24.2. The quantitative estimate of drug-likeness (QED) is 0.928. The maximum atomic E-state index is 12.9. The molecular formula is C18H25NO2. The highest BCUT2D eigenvalue weighted by atomic mass is 16.3. The zero-order valence-corrected chi connectivity index (χ0v) is 13.2. The van der Waals surface area contributed by atoms with Crippen LogP contribution in [0.25, 0.3) is 0 Å². The van der Waals surface area contributed by atoms with Gasteiger partial charge in [0.15, 0.2) is 0 Å². The Balaban J connectivity index is 1.75. The molecule has 21 heavy (non-hydrogen) atoms. The van der Waals surface area contributed by atoms with Crippen molar-refractivity contribution in [1.29, 1.82) is 0 Å². The van der Waals surface area contributed by atoms with Crippen molar-refractivity contribution in [2.75, 3.05) is 13.1 Å². The van der Waals surface area contributed by atoms with E-state index in [9.17, 15) is 9.90 Å². The first kappa shape index (κ1) is 14.6. The van der Waals surface area contributed by atoms with Gasteiger partial charge in [0, 0.05) is 19.0 Å². The lowest BCUT2D eigenvalue weighted by Gasteiger charge is -2.27. The molecule has 0 spiro atoms. The number of carbonyl (C=O) groups is 1. The number of nitrogens with zero attached hydrogens (tertiary/aromatic N) is 1. The van der Waals surface area contributed by atoms with E-state index in [2.05, 4.69) is 31.2 Å². The zero-order chi connectivity index (χ0) is 15.3. The molecule has 0 aromatic heterocycles. The summed E-state index contributed by atoms with van der Waals surface area (Å²) in [6.45, 7) is 7.23. The largest absolute Gasteiger partial charge is 0.390 e. The molecule has 1 aromatic carbocycles. The zero-order valence-electron chi connectivity index (χ0n) is 13.2. The second-order valence-corrected chi connectivity index (χ2v) is 7.34. The van der Waals surface area contributed by atoms with Crippen LogP contribution in [0.4, 0.5) is 0 Å². The number of likely N-dealkylation sites (tertiary alicyclic amines) is 1. The molecule has 1 N–H and O–H groups in total. The summed E-state index contributed by atoms with van der Waals surface area (Å²) in [6, 6.07) is 8.38. The van der Waals surface area contributed by atoms with Gasteiger partial charge in [0.1, 0.15) is 0 Å². The molecule has 1 saturated carbocycles. The Morgan fingerprint density at radius 3 is 2.38 bits per heavy atom. The third-order valence-corrected chi connectivity index (χ3v) is 5.24. The van der Waals surface area contributed by atoms with Crippen LogP contribution in [0.1, 0.15) is 44.2 Å². The molecule has 3 nitrogen and oxygen atoms in total. The van der Waals surface area contributed by atoms with Gasteiger partial charge >= 0.3 is 0 Å². The summed E-state index contributed by atoms with van der Waals surface area (Å²) in [6.07, 6.45) is 2.82. The van der Waals surface area contributed by atoms with Crippen molar-refractivity contribution in [2.24, 2.45) is 5.92 Å². The summed E-state index contributed by atoms with van der Waals surface area (Å²) in [5.74, 6) is 0.452. The van der Waals surface area contributed by atoms with Crippen LogP contribution in [-0.2, 0) is 10.2 Å². The third-order valence-electron chi connectivity index (χ3n) is 5.24. The molecule has 3 heteroatoms. The molecule has 1 aliphatic carbocycles. The average molecular weight is 287 g/mol. The number of rotatable bonds is 3. The van der Waals surface area contributed by atoms with Crippen LogP contribution >= 0.6 is 0 Å². The van der Waals surface area contributed by atoms with Gasteiger partial charge in [0.05, 0.1) is 11.0 Å². The number of carbonyl (C=O) groups excluding carboxylic acids is 1. The molecular weight excluding hydrogens is 262 g/mol. The van der Waals surface area contributed by atoms with Gasteiger partial charge in [-0.15, -0.1) is 0 Å². The SMILES string of the molecule is Cc1ccc(C2(C(=O)N3CC[C@@H](C(C)(C)O)C3)CC2)cc1. The van der Waals surface area contributed by atoms with Crippen LogP contribution in [-0.4, -0.2) is 34.6 Å². The number of aryl methyl sites for hydroxylation is 1. The van der Waals surface area contributed by atoms with Crippen LogP contribution < -0.4 is 0 Å². The van der Waals surface area contributed by atoms with Crippen molar-refractivity contribution >= 4 is 5.91 Å². The lowest BCUT2D eigenvalue weighted by Crippen LogP contribution is -2.40. The molecule has 3 rings (SSSR count). The Bertz CT molecular complexity index is 537. The number of hydrogen-bond donors (Lipinski definition) is 1. The molecule has 0 bridgehead atoms. The van der Waals surface area contributed by atoms with Crippen LogP contribution in [0.15, 0.2) is 24.3 Å². The third kappa shape index (κ3) is 2.59. The minimum atomic E-state index is -0.699. The van der Waals surface area contributed by atoms with E-state index in [1.807, 2.05) is 18.7 Å². The van der Waals surface area contributed by atoms with Gasteiger partial charge in [-0.3, -0.25) is 4.79 Å². The van der Waals surface area contributed by atoms with Crippen molar-refractivity contribution in [3.05, 3.63) is 35.4 Å². The summed E-state index contributed by atoms with van der Waals surface area (Å²) >= 11 is 0. The van der Waals surface area contributed by atoms with Gasteiger partial charge in [-0.25, -0.2) is 0 Å². The highest BCUT2D eigenvalue weighted by molar-refractivity contribution is 5.91. The van der Waals surface area contributed by atoms with E-state index in [4.69, 9.17) is 0 Å². The lowest BCUT2D eigenvalue weighted by molar-refractivity contribution is -0.133. The average Bonchev–Trinajstić information content (AvgIpc) is 3.06. The van der Waals surface area contributed by atoms with E-state index in [1.54, 1.807) is 0 Å². The summed E-state index contributed by atoms with van der Waals surface area (Å²) < 4.78 is 0. The standard InChI is InChI=1S/C18H25NO2/c1-13-4-6-14(7-5-13)18(9-10-18)16(20)19-11-8-15(12-19)17(2,3)21/h4-7,15,21H,8-12H2,1-3H3/t15-/m1/s1. The van der Waals surface area contributed by atoms with E-state index in [-0.39, 0.29) is 17.2 Å². The fourth-order valence-corrected chi connectivity index (χ4v) is 3.45. The van der Waals surface area contributed by atoms with Gasteiger partial charge in [0.2, 0.25) is 5.91 Å². The Hall–Kier alpha value is -1.35. The van der Waals surface area contributed by atoms with Gasteiger partial charge in [-0.2, -0.15) is 0 Å². The van der Waals surface area contributed by atoms with Crippen LogP contribution in [0.5, 0.6) is 0 Å². The summed E-state index contributed by atoms with van der Waals surface area (Å²) in [5.41, 5.74) is 1.41. The van der Waals surface area contributed by atoms with Crippen molar-refractivity contribution in [3.8, 4) is 0 Å². The van der Waals surface area contributed by atoms with E-state index in [0.717, 1.165) is 31.4 Å². The van der Waals surface area contributed by atoms with E-state index < -0.39 is 5.60 Å². The maximum absolute atomic E-state index is 12.9. The number of amides is 1. The predicted octanol–water partition coefficient (Wildman–Crippen LogP) is 2.65. The van der Waals surface area contributed by atoms with E-state index >= 15 is 0 Å². The molecule has 2 aliphatic rings. The van der Waals surface area contributed by atoms with Crippen molar-refractivity contribution in [1.82, 2.24) is 4.90 Å². The van der Waals surface area contributed by atoms with Crippen molar-refractivity contribution in [2.45, 2.75) is 51.0 Å². The fraction of sp³-hybridized carbons (Fsp3) is 0.611. The molecule has 1 aliphatic heterocycles. The van der Waals surface area contributed by atoms with Crippen molar-refractivity contribution < 1.29 is 9.90 Å². The van der Waals surface area contributed by atoms with Gasteiger partial charge < -0.3 is 10.0 Å². The van der Waals surface area contributed by atoms with Gasteiger partial charge in [-0.05, 0) is 45.6 Å². The van der Waals surface area contributed by atoms with Crippen LogP contribution in [0, 0.1) is 12.8 Å². The fourth-order valence-electron chi connectivity index (χ4n) is 3.45. The highest BCUT2D eigenvalue weighted by Gasteiger charge is 2.54. The number of aliphatic hydroxyl groups is 1. The predicted molar refractivity (Wildman–Crippen MR) is 83.1 cm³/mol. The molecule has 2 fully saturated rings. The Morgan fingerprint density at radius 2 is 1.90 bits per heavy atom. The minimum Gasteiger partial charge on any atom is -0.390 e. The minimum absolute atomic E-state index is 0.190. The number of benzene rings is 1. The van der Waals surface area contributed by atoms with Gasteiger partial charge in [0.25, 0.3) is 0 Å².